The van der Waals surface area contributed by atoms with Gasteiger partial charge in [0, 0.05) is 25.5 Å². The maximum absolute atomic E-state index is 10.8. The van der Waals surface area contributed by atoms with Gasteiger partial charge in [0.2, 0.25) is 0 Å². The van der Waals surface area contributed by atoms with Gasteiger partial charge in [-0.2, -0.15) is 0 Å². The summed E-state index contributed by atoms with van der Waals surface area (Å²) in [7, 11) is 0. The minimum Gasteiger partial charge on any atom is -0.478 e. The number of anilines is 1. The molecule has 0 aliphatic carbocycles. The van der Waals surface area contributed by atoms with Crippen LogP contribution in [0.25, 0.3) is 0 Å². The van der Waals surface area contributed by atoms with E-state index < -0.39 is 5.97 Å². The van der Waals surface area contributed by atoms with E-state index in [9.17, 15) is 4.79 Å². The van der Waals surface area contributed by atoms with Crippen molar-refractivity contribution in [2.75, 3.05) is 11.9 Å². The van der Waals surface area contributed by atoms with Crippen LogP contribution in [0.5, 0.6) is 0 Å². The van der Waals surface area contributed by atoms with E-state index >= 15 is 0 Å². The highest BCUT2D eigenvalue weighted by atomic mass is 16.4. The van der Waals surface area contributed by atoms with Crippen molar-refractivity contribution >= 4 is 11.8 Å². The zero-order valence-electron chi connectivity index (χ0n) is 9.65. The monoisotopic (exact) mass is 247 g/mol. The molecule has 94 valence electrons. The number of nitrogens with one attached hydrogen (secondary N) is 1. The Morgan fingerprint density at radius 2 is 2.33 bits per heavy atom. The zero-order chi connectivity index (χ0) is 12.8. The summed E-state index contributed by atoms with van der Waals surface area (Å²) < 4.78 is 1.74. The molecule has 2 N–H and O–H groups in total. The van der Waals surface area contributed by atoms with E-state index in [1.165, 1.54) is 18.3 Å². The predicted molar refractivity (Wildman–Crippen MR) is 64.3 cm³/mol. The standard InChI is InChI=1S/C11H13N5O2/c17-11(18)9-2-4-13-10(8-9)12-3-1-6-16-7-5-14-15-16/h2,4-5,7-8H,1,3,6H2,(H,12,13)(H,17,18). The number of aromatic carboxylic acids is 1. The molecule has 0 aliphatic heterocycles. The summed E-state index contributed by atoms with van der Waals surface area (Å²) in [6, 6.07) is 2.97. The van der Waals surface area contributed by atoms with Crippen LogP contribution in [0.2, 0.25) is 0 Å². The van der Waals surface area contributed by atoms with Gasteiger partial charge < -0.3 is 10.4 Å². The normalized spacial score (nSPS) is 10.2. The Morgan fingerprint density at radius 3 is 3.06 bits per heavy atom. The zero-order valence-corrected chi connectivity index (χ0v) is 9.65. The Morgan fingerprint density at radius 1 is 1.44 bits per heavy atom. The molecule has 2 rings (SSSR count). The van der Waals surface area contributed by atoms with Crippen LogP contribution in [-0.2, 0) is 6.54 Å². The Hall–Kier alpha value is -2.44. The van der Waals surface area contributed by atoms with Crippen LogP contribution in [0.4, 0.5) is 5.82 Å². The molecule has 0 atom stereocenters. The second kappa shape index (κ2) is 5.76. The molecule has 2 aromatic rings. The first-order valence-electron chi connectivity index (χ1n) is 5.53. The molecule has 0 fully saturated rings. The van der Waals surface area contributed by atoms with Crippen molar-refractivity contribution in [3.05, 3.63) is 36.3 Å². The number of pyridine rings is 1. The fourth-order valence-corrected chi connectivity index (χ4v) is 1.47. The lowest BCUT2D eigenvalue weighted by Crippen LogP contribution is -2.09. The molecule has 0 aromatic carbocycles. The van der Waals surface area contributed by atoms with E-state index in [2.05, 4.69) is 20.6 Å². The average Bonchev–Trinajstić information content (AvgIpc) is 2.88. The van der Waals surface area contributed by atoms with Gasteiger partial charge in [-0.3, -0.25) is 4.68 Å². The summed E-state index contributed by atoms with van der Waals surface area (Å²) in [5.74, 6) is -0.392. The first-order chi connectivity index (χ1) is 8.75. The quantitative estimate of drug-likeness (QED) is 0.736. The number of nitrogens with zero attached hydrogens (tertiary/aromatic N) is 4. The molecule has 18 heavy (non-hydrogen) atoms. The maximum Gasteiger partial charge on any atom is 0.335 e. The Bertz CT molecular complexity index is 512. The van der Waals surface area contributed by atoms with Gasteiger partial charge in [0.15, 0.2) is 0 Å². The molecule has 0 amide bonds. The molecule has 0 radical (unpaired) electrons. The van der Waals surface area contributed by atoms with Crippen LogP contribution < -0.4 is 5.32 Å². The van der Waals surface area contributed by atoms with E-state index in [0.29, 0.717) is 12.4 Å². The average molecular weight is 247 g/mol. The molecular weight excluding hydrogens is 234 g/mol. The predicted octanol–water partition coefficient (Wildman–Crippen LogP) is 0.873. The van der Waals surface area contributed by atoms with E-state index in [0.717, 1.165) is 13.0 Å². The number of hydrogen-bond acceptors (Lipinski definition) is 5. The van der Waals surface area contributed by atoms with E-state index in [1.807, 2.05) is 0 Å². The third-order valence-electron chi connectivity index (χ3n) is 2.35. The van der Waals surface area contributed by atoms with Crippen LogP contribution in [0, 0.1) is 0 Å². The lowest BCUT2D eigenvalue weighted by molar-refractivity contribution is 0.0697. The molecular formula is C11H13N5O2. The molecule has 0 aliphatic rings. The smallest absolute Gasteiger partial charge is 0.335 e. The van der Waals surface area contributed by atoms with Crippen LogP contribution >= 0.6 is 0 Å². The maximum atomic E-state index is 10.8. The third-order valence-corrected chi connectivity index (χ3v) is 2.35. The Labute approximate surface area is 103 Å². The number of carboxylic acid groups (broad SMARTS) is 1. The molecule has 7 heteroatoms. The number of aryl methyl sites for hydroxylation is 1. The van der Waals surface area contributed by atoms with Crippen molar-refractivity contribution in [3.63, 3.8) is 0 Å². The molecule has 0 unspecified atom stereocenters. The topological polar surface area (TPSA) is 92.9 Å². The van der Waals surface area contributed by atoms with Gasteiger partial charge in [-0.15, -0.1) is 5.10 Å². The Balaban J connectivity index is 1.79. The highest BCUT2D eigenvalue weighted by Gasteiger charge is 2.03. The van der Waals surface area contributed by atoms with Crippen molar-refractivity contribution in [1.29, 1.82) is 0 Å². The highest BCUT2D eigenvalue weighted by molar-refractivity contribution is 5.88. The van der Waals surface area contributed by atoms with Gasteiger partial charge in [0.1, 0.15) is 5.82 Å². The fraction of sp³-hybridized carbons (Fsp3) is 0.273. The van der Waals surface area contributed by atoms with Crippen LogP contribution in [0.1, 0.15) is 16.8 Å². The number of carbonyl (C=O) groups is 1. The molecule has 0 saturated heterocycles. The Kier molecular flexibility index (Phi) is 3.85. The summed E-state index contributed by atoms with van der Waals surface area (Å²) in [5, 5.41) is 19.4. The first-order valence-corrected chi connectivity index (χ1v) is 5.53. The summed E-state index contributed by atoms with van der Waals surface area (Å²) in [4.78, 5) is 14.8. The van der Waals surface area contributed by atoms with Gasteiger partial charge in [-0.25, -0.2) is 9.78 Å². The number of aromatic nitrogens is 4. The minimum absolute atomic E-state index is 0.226. The molecule has 0 spiro atoms. The van der Waals surface area contributed by atoms with E-state index in [-0.39, 0.29) is 5.56 Å². The van der Waals surface area contributed by atoms with Crippen molar-refractivity contribution in [1.82, 2.24) is 20.0 Å². The van der Waals surface area contributed by atoms with Crippen LogP contribution in [0.3, 0.4) is 0 Å². The lowest BCUT2D eigenvalue weighted by atomic mass is 10.2. The van der Waals surface area contributed by atoms with Crippen LogP contribution in [-0.4, -0.2) is 37.6 Å². The summed E-state index contributed by atoms with van der Waals surface area (Å²) >= 11 is 0. The molecule has 7 nitrogen and oxygen atoms in total. The van der Waals surface area contributed by atoms with Crippen molar-refractivity contribution in [2.24, 2.45) is 0 Å². The third kappa shape index (κ3) is 3.27. The summed E-state index contributed by atoms with van der Waals surface area (Å²) in [5.41, 5.74) is 0.226. The fourth-order valence-electron chi connectivity index (χ4n) is 1.47. The van der Waals surface area contributed by atoms with Gasteiger partial charge in [-0.1, -0.05) is 5.21 Å². The lowest BCUT2D eigenvalue weighted by Gasteiger charge is -2.05. The largest absolute Gasteiger partial charge is 0.478 e. The van der Waals surface area contributed by atoms with E-state index in [4.69, 9.17) is 5.11 Å². The SMILES string of the molecule is O=C(O)c1ccnc(NCCCn2ccnn2)c1. The van der Waals surface area contributed by atoms with Crippen LogP contribution in [0.15, 0.2) is 30.7 Å². The second-order valence-corrected chi connectivity index (χ2v) is 3.68. The van der Waals surface area contributed by atoms with Crippen molar-refractivity contribution in [3.8, 4) is 0 Å². The number of carboxylic acids is 1. The highest BCUT2D eigenvalue weighted by Crippen LogP contribution is 2.06. The van der Waals surface area contributed by atoms with Crippen molar-refractivity contribution < 1.29 is 9.90 Å². The van der Waals surface area contributed by atoms with Crippen molar-refractivity contribution in [2.45, 2.75) is 13.0 Å². The van der Waals surface area contributed by atoms with Gasteiger partial charge in [0.25, 0.3) is 0 Å². The second-order valence-electron chi connectivity index (χ2n) is 3.68. The number of rotatable bonds is 6. The first kappa shape index (κ1) is 12.0. The van der Waals surface area contributed by atoms with Gasteiger partial charge in [0.05, 0.1) is 11.8 Å². The summed E-state index contributed by atoms with van der Waals surface area (Å²) in [6.45, 7) is 1.45. The number of hydrogen-bond donors (Lipinski definition) is 2. The molecule has 2 heterocycles. The van der Waals surface area contributed by atoms with E-state index in [1.54, 1.807) is 17.1 Å². The summed E-state index contributed by atoms with van der Waals surface area (Å²) in [6.07, 6.45) is 5.75. The van der Waals surface area contributed by atoms with Gasteiger partial charge >= 0.3 is 5.97 Å². The molecule has 0 bridgehead atoms. The van der Waals surface area contributed by atoms with Gasteiger partial charge in [-0.05, 0) is 18.6 Å². The molecule has 2 aromatic heterocycles. The minimum atomic E-state index is -0.955. The molecule has 0 saturated carbocycles.